The van der Waals surface area contributed by atoms with Gasteiger partial charge in [-0.1, -0.05) is 6.07 Å². The molecule has 2 heterocycles. The molecule has 3 aromatic rings. The fraction of sp³-hybridized carbons (Fsp3) is 0.240. The zero-order valence-electron chi connectivity index (χ0n) is 18.6. The lowest BCUT2D eigenvalue weighted by Crippen LogP contribution is -2.39. The van der Waals surface area contributed by atoms with Gasteiger partial charge in [0.25, 0.3) is 5.91 Å². The number of anilines is 2. The van der Waals surface area contributed by atoms with Crippen LogP contribution in [0.2, 0.25) is 0 Å². The number of thiocarbonyl (C=S) groups is 1. The standard InChI is InChI=1S/C25H24FN3O3S2/c1-2-32-20-11-9-19(10-12-20)29-24(31)22(16-23(30)27-18-7-5-17(26)6-8-18)28(25(29)33)14-13-21-4-3-15-34-21/h3-12,15,22H,2,13-14,16H2,1H3,(H,27,30)/t22-/m0/s1. The maximum absolute atomic E-state index is 13.5. The van der Waals surface area contributed by atoms with Gasteiger partial charge in [-0.2, -0.15) is 0 Å². The highest BCUT2D eigenvalue weighted by atomic mass is 32.1. The topological polar surface area (TPSA) is 61.9 Å². The largest absolute Gasteiger partial charge is 0.494 e. The molecule has 0 saturated carbocycles. The van der Waals surface area contributed by atoms with Crippen molar-refractivity contribution in [3.63, 3.8) is 0 Å². The molecule has 176 valence electrons. The average Bonchev–Trinajstić information content (AvgIpc) is 3.42. The van der Waals surface area contributed by atoms with Crippen molar-refractivity contribution in [2.45, 2.75) is 25.8 Å². The van der Waals surface area contributed by atoms with Crippen LogP contribution in [0.3, 0.4) is 0 Å². The summed E-state index contributed by atoms with van der Waals surface area (Å²) >= 11 is 7.34. The number of nitrogens with zero attached hydrogens (tertiary/aromatic N) is 2. The van der Waals surface area contributed by atoms with Crippen LogP contribution in [0.15, 0.2) is 66.0 Å². The van der Waals surface area contributed by atoms with Gasteiger partial charge in [-0.3, -0.25) is 14.5 Å². The monoisotopic (exact) mass is 497 g/mol. The lowest BCUT2D eigenvalue weighted by Gasteiger charge is -2.23. The molecule has 0 bridgehead atoms. The highest BCUT2D eigenvalue weighted by Crippen LogP contribution is 2.29. The number of carbonyl (C=O) groups excluding carboxylic acids is 2. The zero-order chi connectivity index (χ0) is 24.1. The second kappa shape index (κ2) is 10.8. The number of rotatable bonds is 9. The van der Waals surface area contributed by atoms with Crippen molar-refractivity contribution in [1.29, 1.82) is 0 Å². The Morgan fingerprint density at radius 2 is 1.88 bits per heavy atom. The van der Waals surface area contributed by atoms with Gasteiger partial charge in [0, 0.05) is 17.1 Å². The zero-order valence-corrected chi connectivity index (χ0v) is 20.2. The first-order chi connectivity index (χ1) is 16.5. The van der Waals surface area contributed by atoms with Crippen molar-refractivity contribution < 1.29 is 18.7 Å². The third-order valence-corrected chi connectivity index (χ3v) is 6.76. The molecule has 1 fully saturated rings. The fourth-order valence-electron chi connectivity index (χ4n) is 3.79. The molecule has 2 amide bonds. The van der Waals surface area contributed by atoms with Gasteiger partial charge >= 0.3 is 0 Å². The number of carbonyl (C=O) groups is 2. The van der Waals surface area contributed by atoms with E-state index in [2.05, 4.69) is 5.32 Å². The van der Waals surface area contributed by atoms with E-state index < -0.39 is 6.04 Å². The van der Waals surface area contributed by atoms with E-state index in [1.54, 1.807) is 35.6 Å². The van der Waals surface area contributed by atoms with Gasteiger partial charge in [0.1, 0.15) is 17.6 Å². The van der Waals surface area contributed by atoms with Gasteiger partial charge in [0.05, 0.1) is 18.7 Å². The van der Waals surface area contributed by atoms with E-state index in [0.717, 1.165) is 0 Å². The number of amides is 2. The molecule has 1 saturated heterocycles. The molecule has 34 heavy (non-hydrogen) atoms. The van der Waals surface area contributed by atoms with E-state index in [9.17, 15) is 14.0 Å². The van der Waals surface area contributed by atoms with Crippen LogP contribution in [-0.4, -0.2) is 41.0 Å². The van der Waals surface area contributed by atoms with Crippen molar-refractivity contribution in [2.24, 2.45) is 0 Å². The van der Waals surface area contributed by atoms with Crippen LogP contribution in [0.5, 0.6) is 5.75 Å². The molecule has 1 aliphatic heterocycles. The minimum absolute atomic E-state index is 0.0751. The predicted molar refractivity (Wildman–Crippen MR) is 136 cm³/mol. The highest BCUT2D eigenvalue weighted by Gasteiger charge is 2.43. The normalized spacial score (nSPS) is 15.6. The Morgan fingerprint density at radius 3 is 2.53 bits per heavy atom. The minimum atomic E-state index is -0.737. The number of benzene rings is 2. The van der Waals surface area contributed by atoms with Crippen molar-refractivity contribution >= 4 is 51.9 Å². The van der Waals surface area contributed by atoms with Gasteiger partial charge in [-0.15, -0.1) is 11.3 Å². The molecule has 4 rings (SSSR count). The first-order valence-corrected chi connectivity index (χ1v) is 12.2. The second-order valence-electron chi connectivity index (χ2n) is 7.68. The van der Waals surface area contributed by atoms with Gasteiger partial charge in [-0.25, -0.2) is 4.39 Å². The van der Waals surface area contributed by atoms with Gasteiger partial charge in [0.15, 0.2) is 5.11 Å². The Balaban J connectivity index is 1.54. The Hall–Kier alpha value is -3.30. The molecular formula is C25H24FN3O3S2. The summed E-state index contributed by atoms with van der Waals surface area (Å²) in [5.74, 6) is -0.286. The van der Waals surface area contributed by atoms with E-state index in [0.29, 0.717) is 41.8 Å². The van der Waals surface area contributed by atoms with E-state index in [1.165, 1.54) is 34.0 Å². The summed E-state index contributed by atoms with van der Waals surface area (Å²) in [5.41, 5.74) is 1.09. The summed E-state index contributed by atoms with van der Waals surface area (Å²) in [6.45, 7) is 2.95. The molecule has 0 unspecified atom stereocenters. The maximum atomic E-state index is 13.5. The van der Waals surface area contributed by atoms with E-state index in [4.69, 9.17) is 17.0 Å². The average molecular weight is 498 g/mol. The smallest absolute Gasteiger partial charge is 0.256 e. The van der Waals surface area contributed by atoms with Crippen LogP contribution < -0.4 is 15.0 Å². The predicted octanol–water partition coefficient (Wildman–Crippen LogP) is 4.86. The lowest BCUT2D eigenvalue weighted by molar-refractivity contribution is -0.124. The molecule has 2 aromatic carbocycles. The Morgan fingerprint density at radius 1 is 1.15 bits per heavy atom. The van der Waals surface area contributed by atoms with Crippen LogP contribution in [0.4, 0.5) is 15.8 Å². The molecule has 1 atom stereocenters. The molecular weight excluding hydrogens is 473 g/mol. The summed E-state index contributed by atoms with van der Waals surface area (Å²) in [6.07, 6.45) is 0.632. The number of ether oxygens (including phenoxy) is 1. The van der Waals surface area contributed by atoms with Crippen molar-refractivity contribution in [1.82, 2.24) is 4.90 Å². The van der Waals surface area contributed by atoms with Gasteiger partial charge < -0.3 is 15.0 Å². The third-order valence-electron chi connectivity index (χ3n) is 5.41. The van der Waals surface area contributed by atoms with Crippen LogP contribution in [0.25, 0.3) is 0 Å². The Bertz CT molecular complexity index is 1150. The summed E-state index contributed by atoms with van der Waals surface area (Å²) in [7, 11) is 0. The van der Waals surface area contributed by atoms with Crippen molar-refractivity contribution in [2.75, 3.05) is 23.4 Å². The van der Waals surface area contributed by atoms with E-state index in [1.807, 2.05) is 29.3 Å². The molecule has 0 aliphatic carbocycles. The van der Waals surface area contributed by atoms with Crippen molar-refractivity contribution in [3.05, 3.63) is 76.7 Å². The Kier molecular flexibility index (Phi) is 7.54. The number of hydrogen-bond acceptors (Lipinski definition) is 5. The van der Waals surface area contributed by atoms with Crippen LogP contribution in [0.1, 0.15) is 18.2 Å². The summed E-state index contributed by atoms with van der Waals surface area (Å²) < 4.78 is 18.7. The van der Waals surface area contributed by atoms with Gasteiger partial charge in [-0.05, 0) is 85.5 Å². The maximum Gasteiger partial charge on any atom is 0.256 e. The lowest BCUT2D eigenvalue weighted by atomic mass is 10.1. The number of nitrogens with one attached hydrogen (secondary N) is 1. The summed E-state index contributed by atoms with van der Waals surface area (Å²) in [5, 5.41) is 5.11. The third kappa shape index (κ3) is 5.43. The first kappa shape index (κ1) is 23.8. The fourth-order valence-corrected chi connectivity index (χ4v) is 4.90. The molecule has 0 radical (unpaired) electrons. The minimum Gasteiger partial charge on any atom is -0.494 e. The second-order valence-corrected chi connectivity index (χ2v) is 9.08. The molecule has 1 aliphatic rings. The first-order valence-electron chi connectivity index (χ1n) is 10.9. The summed E-state index contributed by atoms with van der Waals surface area (Å²) in [4.78, 5) is 30.7. The van der Waals surface area contributed by atoms with Crippen LogP contribution >= 0.6 is 23.6 Å². The highest BCUT2D eigenvalue weighted by molar-refractivity contribution is 7.80. The molecule has 6 nitrogen and oxygen atoms in total. The number of halogens is 1. The molecule has 1 N–H and O–H groups in total. The molecule has 9 heteroatoms. The van der Waals surface area contributed by atoms with E-state index in [-0.39, 0.29) is 24.1 Å². The van der Waals surface area contributed by atoms with Crippen molar-refractivity contribution in [3.8, 4) is 5.75 Å². The number of thiophene rings is 1. The molecule has 0 spiro atoms. The van der Waals surface area contributed by atoms with E-state index >= 15 is 0 Å². The summed E-state index contributed by atoms with van der Waals surface area (Å²) in [6, 6.07) is 15.9. The quantitative estimate of drug-likeness (QED) is 0.428. The number of hydrogen-bond donors (Lipinski definition) is 1. The van der Waals surface area contributed by atoms with Gasteiger partial charge in [0.2, 0.25) is 5.91 Å². The van der Waals surface area contributed by atoms with Crippen LogP contribution in [-0.2, 0) is 16.0 Å². The SMILES string of the molecule is CCOc1ccc(N2C(=O)[C@H](CC(=O)Nc3ccc(F)cc3)N(CCc3cccs3)C2=S)cc1. The Labute approximate surface area is 206 Å². The molecule has 1 aromatic heterocycles. The van der Waals surface area contributed by atoms with Crippen LogP contribution in [0, 0.1) is 5.82 Å².